The van der Waals surface area contributed by atoms with Gasteiger partial charge in [-0.3, -0.25) is 4.90 Å². The van der Waals surface area contributed by atoms with Crippen LogP contribution in [0.4, 0.5) is 5.82 Å². The Morgan fingerprint density at radius 2 is 2.17 bits per heavy atom. The number of hydrogen-bond acceptors (Lipinski definition) is 3. The van der Waals surface area contributed by atoms with Gasteiger partial charge in [0.25, 0.3) is 0 Å². The number of anilines is 1. The van der Waals surface area contributed by atoms with E-state index >= 15 is 0 Å². The van der Waals surface area contributed by atoms with Crippen LogP contribution in [-0.2, 0) is 6.54 Å². The lowest BCUT2D eigenvalue weighted by Gasteiger charge is -2.21. The second-order valence-electron chi connectivity index (χ2n) is 5.10. The Labute approximate surface area is 111 Å². The first-order valence-electron chi connectivity index (χ1n) is 7.27. The largest absolute Gasteiger partial charge is 0.370 e. The fourth-order valence-electron chi connectivity index (χ4n) is 2.25. The van der Waals surface area contributed by atoms with Crippen LogP contribution in [0, 0.1) is 0 Å². The van der Waals surface area contributed by atoms with Crippen molar-refractivity contribution in [3.05, 3.63) is 23.9 Å². The van der Waals surface area contributed by atoms with Crippen LogP contribution in [0.2, 0.25) is 0 Å². The lowest BCUT2D eigenvalue weighted by atomic mass is 10.2. The molecule has 3 heteroatoms. The Balaban J connectivity index is 1.94. The third-order valence-electron chi connectivity index (χ3n) is 3.39. The Kier molecular flexibility index (Phi) is 5.00. The highest BCUT2D eigenvalue weighted by molar-refractivity contribution is 5.35. The van der Waals surface area contributed by atoms with Crippen molar-refractivity contribution in [2.45, 2.75) is 52.1 Å². The maximum absolute atomic E-state index is 4.67. The monoisotopic (exact) mass is 247 g/mol. The van der Waals surface area contributed by atoms with Crippen molar-refractivity contribution in [3.8, 4) is 0 Å². The van der Waals surface area contributed by atoms with Gasteiger partial charge in [0.05, 0.1) is 5.69 Å². The summed E-state index contributed by atoms with van der Waals surface area (Å²) in [4.78, 5) is 7.27. The molecule has 2 rings (SSSR count). The summed E-state index contributed by atoms with van der Waals surface area (Å²) in [5, 5.41) is 3.28. The smallest absolute Gasteiger partial charge is 0.126 e. The average Bonchev–Trinajstić information content (AvgIpc) is 3.19. The standard InChI is InChI=1S/C15H25N3/c1-3-5-11-18(14-9-10-14)12-13-7-6-8-15(17-13)16-4-2/h6-8,14H,3-5,9-12H2,1-2H3,(H,16,17). The first-order valence-corrected chi connectivity index (χ1v) is 7.27. The van der Waals surface area contributed by atoms with E-state index in [1.807, 2.05) is 6.07 Å². The van der Waals surface area contributed by atoms with Crippen molar-refractivity contribution in [1.82, 2.24) is 9.88 Å². The zero-order valence-corrected chi connectivity index (χ0v) is 11.7. The molecule has 0 radical (unpaired) electrons. The van der Waals surface area contributed by atoms with Gasteiger partial charge in [-0.2, -0.15) is 0 Å². The zero-order chi connectivity index (χ0) is 12.8. The number of nitrogens with zero attached hydrogens (tertiary/aromatic N) is 2. The fourth-order valence-corrected chi connectivity index (χ4v) is 2.25. The average molecular weight is 247 g/mol. The van der Waals surface area contributed by atoms with Gasteiger partial charge in [0.1, 0.15) is 5.82 Å². The lowest BCUT2D eigenvalue weighted by Crippen LogP contribution is -2.27. The van der Waals surface area contributed by atoms with E-state index in [9.17, 15) is 0 Å². The summed E-state index contributed by atoms with van der Waals surface area (Å²) in [6, 6.07) is 7.11. The minimum Gasteiger partial charge on any atom is -0.370 e. The second-order valence-corrected chi connectivity index (χ2v) is 5.10. The van der Waals surface area contributed by atoms with Crippen molar-refractivity contribution in [1.29, 1.82) is 0 Å². The Bertz CT molecular complexity index is 361. The van der Waals surface area contributed by atoms with Crippen molar-refractivity contribution in [2.24, 2.45) is 0 Å². The van der Waals surface area contributed by atoms with Gasteiger partial charge in [0, 0.05) is 19.1 Å². The van der Waals surface area contributed by atoms with Gasteiger partial charge in [0.15, 0.2) is 0 Å². The van der Waals surface area contributed by atoms with Gasteiger partial charge in [-0.1, -0.05) is 19.4 Å². The van der Waals surface area contributed by atoms with Crippen LogP contribution in [0.1, 0.15) is 45.2 Å². The van der Waals surface area contributed by atoms with Crippen LogP contribution in [0.25, 0.3) is 0 Å². The van der Waals surface area contributed by atoms with Gasteiger partial charge < -0.3 is 5.32 Å². The maximum atomic E-state index is 4.67. The Morgan fingerprint density at radius 1 is 1.33 bits per heavy atom. The summed E-state index contributed by atoms with van der Waals surface area (Å²) in [6.07, 6.45) is 5.31. The summed E-state index contributed by atoms with van der Waals surface area (Å²) < 4.78 is 0. The number of rotatable bonds is 8. The summed E-state index contributed by atoms with van der Waals surface area (Å²) in [7, 11) is 0. The fraction of sp³-hybridized carbons (Fsp3) is 0.667. The summed E-state index contributed by atoms with van der Waals surface area (Å²) in [5.74, 6) is 1.00. The molecule has 0 atom stereocenters. The third-order valence-corrected chi connectivity index (χ3v) is 3.39. The van der Waals surface area contributed by atoms with Crippen LogP contribution in [0.5, 0.6) is 0 Å². The van der Waals surface area contributed by atoms with E-state index < -0.39 is 0 Å². The molecule has 18 heavy (non-hydrogen) atoms. The highest BCUT2D eigenvalue weighted by Crippen LogP contribution is 2.28. The first kappa shape index (κ1) is 13.3. The highest BCUT2D eigenvalue weighted by atomic mass is 15.2. The predicted octanol–water partition coefficient (Wildman–Crippen LogP) is 3.28. The molecule has 0 saturated heterocycles. The molecular formula is C15H25N3. The Hall–Kier alpha value is -1.09. The topological polar surface area (TPSA) is 28.2 Å². The number of nitrogens with one attached hydrogen (secondary N) is 1. The first-order chi connectivity index (χ1) is 8.83. The Morgan fingerprint density at radius 3 is 2.83 bits per heavy atom. The van der Waals surface area contributed by atoms with E-state index in [1.54, 1.807) is 0 Å². The minimum atomic E-state index is 0.821. The van der Waals surface area contributed by atoms with Crippen LogP contribution in [0.15, 0.2) is 18.2 Å². The molecule has 0 bridgehead atoms. The number of hydrogen-bond donors (Lipinski definition) is 1. The minimum absolute atomic E-state index is 0.821. The van der Waals surface area contributed by atoms with Crippen molar-refractivity contribution < 1.29 is 0 Å². The normalized spacial score (nSPS) is 15.1. The van der Waals surface area contributed by atoms with E-state index in [-0.39, 0.29) is 0 Å². The molecule has 0 aromatic carbocycles. The predicted molar refractivity (Wildman–Crippen MR) is 76.7 cm³/mol. The maximum Gasteiger partial charge on any atom is 0.126 e. The quantitative estimate of drug-likeness (QED) is 0.764. The second kappa shape index (κ2) is 6.74. The summed E-state index contributed by atoms with van der Waals surface area (Å²) >= 11 is 0. The molecule has 1 aromatic heterocycles. The molecule has 1 aliphatic carbocycles. The van der Waals surface area contributed by atoms with Gasteiger partial charge in [-0.05, 0) is 44.9 Å². The molecule has 0 amide bonds. The zero-order valence-electron chi connectivity index (χ0n) is 11.7. The molecule has 1 saturated carbocycles. The molecular weight excluding hydrogens is 222 g/mol. The molecule has 100 valence electrons. The summed E-state index contributed by atoms with van der Waals surface area (Å²) in [5.41, 5.74) is 1.19. The molecule has 0 unspecified atom stereocenters. The molecule has 3 nitrogen and oxygen atoms in total. The molecule has 0 spiro atoms. The molecule has 0 aliphatic heterocycles. The van der Waals surface area contributed by atoms with Gasteiger partial charge in [-0.15, -0.1) is 0 Å². The van der Waals surface area contributed by atoms with Crippen molar-refractivity contribution >= 4 is 5.82 Å². The molecule has 1 aromatic rings. The lowest BCUT2D eigenvalue weighted by molar-refractivity contribution is 0.248. The van der Waals surface area contributed by atoms with Gasteiger partial charge in [-0.25, -0.2) is 4.98 Å². The van der Waals surface area contributed by atoms with Gasteiger partial charge in [0.2, 0.25) is 0 Å². The number of aromatic nitrogens is 1. The van der Waals surface area contributed by atoms with Gasteiger partial charge >= 0.3 is 0 Å². The molecule has 1 fully saturated rings. The molecule has 1 aliphatic rings. The van der Waals surface area contributed by atoms with E-state index in [2.05, 4.69) is 41.2 Å². The molecule has 1 heterocycles. The SMILES string of the molecule is CCCCN(Cc1cccc(NCC)n1)C1CC1. The summed E-state index contributed by atoms with van der Waals surface area (Å²) in [6.45, 7) is 7.51. The van der Waals surface area contributed by atoms with Crippen LogP contribution < -0.4 is 5.32 Å². The highest BCUT2D eigenvalue weighted by Gasteiger charge is 2.28. The molecule has 1 N–H and O–H groups in total. The van der Waals surface area contributed by atoms with Crippen molar-refractivity contribution in [3.63, 3.8) is 0 Å². The van der Waals surface area contributed by atoms with Crippen molar-refractivity contribution in [2.75, 3.05) is 18.4 Å². The van der Waals surface area contributed by atoms with Crippen LogP contribution >= 0.6 is 0 Å². The number of pyridine rings is 1. The number of unbranched alkanes of at least 4 members (excludes halogenated alkanes) is 1. The van der Waals surface area contributed by atoms with Crippen LogP contribution in [0.3, 0.4) is 0 Å². The van der Waals surface area contributed by atoms with E-state index in [4.69, 9.17) is 0 Å². The van der Waals surface area contributed by atoms with Crippen LogP contribution in [-0.4, -0.2) is 29.0 Å². The van der Waals surface area contributed by atoms with E-state index in [0.29, 0.717) is 0 Å². The van der Waals surface area contributed by atoms with E-state index in [0.717, 1.165) is 24.9 Å². The van der Waals surface area contributed by atoms with E-state index in [1.165, 1.54) is 37.9 Å². The third kappa shape index (κ3) is 3.98.